The summed E-state index contributed by atoms with van der Waals surface area (Å²) in [4.78, 5) is 16.7. The number of halogens is 1. The van der Waals surface area contributed by atoms with E-state index in [9.17, 15) is 9.18 Å². The predicted octanol–water partition coefficient (Wildman–Crippen LogP) is 4.50. The second-order valence-corrected chi connectivity index (χ2v) is 8.09. The van der Waals surface area contributed by atoms with Gasteiger partial charge in [0.2, 0.25) is 17.6 Å². The van der Waals surface area contributed by atoms with E-state index in [1.54, 1.807) is 23.6 Å². The van der Waals surface area contributed by atoms with Crippen LogP contribution in [-0.4, -0.2) is 36.6 Å². The lowest BCUT2D eigenvalue weighted by Gasteiger charge is -2.07. The number of carbonyl (C=O) groups excluding carboxylic acids is 1. The smallest absolute Gasteiger partial charge is 0.296 e. The van der Waals surface area contributed by atoms with Crippen LogP contribution < -0.4 is 5.32 Å². The first kappa shape index (κ1) is 21.7. The molecule has 4 aromatic rings. The number of nitrogens with zero attached hydrogens (tertiary/aromatic N) is 5. The van der Waals surface area contributed by atoms with E-state index in [-0.39, 0.29) is 23.4 Å². The molecular weight excluding hydrogens is 431 g/mol. The van der Waals surface area contributed by atoms with Crippen LogP contribution >= 0.6 is 11.8 Å². The highest BCUT2D eigenvalue weighted by molar-refractivity contribution is 7.99. The fraction of sp³-hybridized carbons (Fsp3) is 0.227. The summed E-state index contributed by atoms with van der Waals surface area (Å²) in [5, 5.41) is 15.6. The number of thioether (sulfide) groups is 1. The van der Waals surface area contributed by atoms with Crippen LogP contribution in [0.2, 0.25) is 0 Å². The number of aromatic nitrogens is 5. The summed E-state index contributed by atoms with van der Waals surface area (Å²) in [6, 6.07) is 12.4. The van der Waals surface area contributed by atoms with Crippen LogP contribution in [0.1, 0.15) is 18.1 Å². The zero-order valence-electron chi connectivity index (χ0n) is 17.8. The Balaban J connectivity index is 1.46. The standard InChI is InChI=1S/C22H21FN6O2S/c1-4-29-20(21-25-19(28-31-21)15-7-5-6-13(2)10-15)26-27-22(29)32-12-18(30)24-16-9-8-14(3)17(23)11-16/h5-11H,4,12H2,1-3H3,(H,24,30). The number of amides is 1. The number of hydrogen-bond acceptors (Lipinski definition) is 7. The molecule has 0 radical (unpaired) electrons. The average molecular weight is 453 g/mol. The fourth-order valence-corrected chi connectivity index (χ4v) is 3.85. The summed E-state index contributed by atoms with van der Waals surface area (Å²) in [5.74, 6) is 0.602. The molecule has 0 saturated heterocycles. The molecule has 4 rings (SSSR count). The molecule has 0 fully saturated rings. The second-order valence-electron chi connectivity index (χ2n) is 7.14. The molecule has 0 spiro atoms. The van der Waals surface area contributed by atoms with Crippen molar-refractivity contribution in [1.82, 2.24) is 24.9 Å². The van der Waals surface area contributed by atoms with Crippen molar-refractivity contribution < 1.29 is 13.7 Å². The molecule has 8 nitrogen and oxygen atoms in total. The molecule has 10 heteroatoms. The van der Waals surface area contributed by atoms with Crippen molar-refractivity contribution in [2.24, 2.45) is 0 Å². The van der Waals surface area contributed by atoms with E-state index in [4.69, 9.17) is 4.52 Å². The minimum atomic E-state index is -0.365. The van der Waals surface area contributed by atoms with Crippen molar-refractivity contribution in [3.63, 3.8) is 0 Å². The lowest BCUT2D eigenvalue weighted by Crippen LogP contribution is -2.15. The minimum Gasteiger partial charge on any atom is -0.330 e. The van der Waals surface area contributed by atoms with E-state index in [1.165, 1.54) is 17.8 Å². The van der Waals surface area contributed by atoms with Gasteiger partial charge in [-0.3, -0.25) is 9.36 Å². The quantitative estimate of drug-likeness (QED) is 0.412. The summed E-state index contributed by atoms with van der Waals surface area (Å²) in [5.41, 5.74) is 2.87. The lowest BCUT2D eigenvalue weighted by atomic mass is 10.1. The molecule has 0 unspecified atom stereocenters. The number of hydrogen-bond donors (Lipinski definition) is 1. The van der Waals surface area contributed by atoms with Crippen LogP contribution in [0.15, 0.2) is 52.1 Å². The Morgan fingerprint density at radius 1 is 1.19 bits per heavy atom. The summed E-state index contributed by atoms with van der Waals surface area (Å²) in [6.07, 6.45) is 0. The second kappa shape index (κ2) is 9.31. The zero-order chi connectivity index (χ0) is 22.7. The molecule has 1 N–H and O–H groups in total. The molecule has 0 saturated carbocycles. The minimum absolute atomic E-state index is 0.0893. The van der Waals surface area contributed by atoms with Crippen molar-refractivity contribution in [2.75, 3.05) is 11.1 Å². The molecule has 2 aromatic heterocycles. The topological polar surface area (TPSA) is 98.7 Å². The first-order valence-electron chi connectivity index (χ1n) is 9.97. The van der Waals surface area contributed by atoms with Crippen molar-refractivity contribution in [3.05, 3.63) is 59.4 Å². The number of carbonyl (C=O) groups is 1. The summed E-state index contributed by atoms with van der Waals surface area (Å²) < 4.78 is 20.9. The largest absolute Gasteiger partial charge is 0.330 e. The molecule has 0 atom stereocenters. The van der Waals surface area contributed by atoms with Gasteiger partial charge in [0.05, 0.1) is 5.75 Å². The molecule has 164 valence electrons. The fourth-order valence-electron chi connectivity index (χ4n) is 3.05. The van der Waals surface area contributed by atoms with Gasteiger partial charge in [-0.15, -0.1) is 10.2 Å². The van der Waals surface area contributed by atoms with E-state index in [0.29, 0.717) is 34.6 Å². The molecule has 32 heavy (non-hydrogen) atoms. The van der Waals surface area contributed by atoms with Crippen LogP contribution in [0.3, 0.4) is 0 Å². The van der Waals surface area contributed by atoms with Crippen molar-refractivity contribution in [1.29, 1.82) is 0 Å². The highest BCUT2D eigenvalue weighted by Gasteiger charge is 2.20. The van der Waals surface area contributed by atoms with E-state index in [0.717, 1.165) is 11.1 Å². The van der Waals surface area contributed by atoms with Crippen molar-refractivity contribution in [2.45, 2.75) is 32.5 Å². The molecule has 0 aliphatic rings. The number of anilines is 1. The third-order valence-corrected chi connectivity index (χ3v) is 5.68. The number of aryl methyl sites for hydroxylation is 2. The maximum absolute atomic E-state index is 13.7. The number of benzene rings is 2. The average Bonchev–Trinajstić information content (AvgIpc) is 3.41. The number of nitrogens with one attached hydrogen (secondary N) is 1. The molecule has 0 aliphatic heterocycles. The van der Waals surface area contributed by atoms with Gasteiger partial charge < -0.3 is 9.84 Å². The Kier molecular flexibility index (Phi) is 6.31. The van der Waals surface area contributed by atoms with Crippen LogP contribution in [0.5, 0.6) is 0 Å². The Morgan fingerprint density at radius 3 is 2.78 bits per heavy atom. The Bertz CT molecular complexity index is 1270. The van der Waals surface area contributed by atoms with Gasteiger partial charge in [-0.05, 0) is 44.5 Å². The van der Waals surface area contributed by atoms with Gasteiger partial charge in [-0.1, -0.05) is 46.7 Å². The Morgan fingerprint density at radius 2 is 2.03 bits per heavy atom. The van der Waals surface area contributed by atoms with Crippen molar-refractivity contribution in [3.8, 4) is 23.1 Å². The lowest BCUT2D eigenvalue weighted by molar-refractivity contribution is -0.113. The molecule has 1 amide bonds. The van der Waals surface area contributed by atoms with E-state index in [2.05, 4.69) is 25.7 Å². The normalized spacial score (nSPS) is 11.0. The Hall–Kier alpha value is -3.53. The van der Waals surface area contributed by atoms with Crippen LogP contribution in [0, 0.1) is 19.7 Å². The molecule has 0 bridgehead atoms. The highest BCUT2D eigenvalue weighted by Crippen LogP contribution is 2.25. The van der Waals surface area contributed by atoms with Crippen molar-refractivity contribution >= 4 is 23.4 Å². The van der Waals surface area contributed by atoms with Gasteiger partial charge in [-0.25, -0.2) is 4.39 Å². The monoisotopic (exact) mass is 452 g/mol. The first-order valence-corrected chi connectivity index (χ1v) is 11.0. The molecule has 2 heterocycles. The maximum atomic E-state index is 13.7. The molecular formula is C22H21FN6O2S. The van der Waals surface area contributed by atoms with Crippen LogP contribution in [-0.2, 0) is 11.3 Å². The first-order chi connectivity index (χ1) is 15.4. The zero-order valence-corrected chi connectivity index (χ0v) is 18.6. The van der Waals surface area contributed by atoms with Crippen LogP contribution in [0.4, 0.5) is 10.1 Å². The molecule has 2 aromatic carbocycles. The summed E-state index contributed by atoms with van der Waals surface area (Å²) in [6.45, 7) is 6.15. The number of rotatable bonds is 7. The van der Waals surface area contributed by atoms with Gasteiger partial charge in [0.1, 0.15) is 5.82 Å². The van der Waals surface area contributed by atoms with Gasteiger partial charge in [-0.2, -0.15) is 4.98 Å². The maximum Gasteiger partial charge on any atom is 0.296 e. The third kappa shape index (κ3) is 4.70. The predicted molar refractivity (Wildman–Crippen MR) is 120 cm³/mol. The van der Waals surface area contributed by atoms with Gasteiger partial charge in [0.25, 0.3) is 5.89 Å². The van der Waals surface area contributed by atoms with E-state index in [1.807, 2.05) is 38.1 Å². The Labute approximate surface area is 188 Å². The van der Waals surface area contributed by atoms with Gasteiger partial charge in [0, 0.05) is 17.8 Å². The van der Waals surface area contributed by atoms with Gasteiger partial charge in [0.15, 0.2) is 5.16 Å². The summed E-state index contributed by atoms with van der Waals surface area (Å²) in [7, 11) is 0. The SMILES string of the molecule is CCn1c(SCC(=O)Nc2ccc(C)c(F)c2)nnc1-c1nc(-c2cccc(C)c2)no1. The van der Waals surface area contributed by atoms with Crippen LogP contribution in [0.25, 0.3) is 23.1 Å². The molecule has 0 aliphatic carbocycles. The van der Waals surface area contributed by atoms with E-state index < -0.39 is 0 Å². The van der Waals surface area contributed by atoms with E-state index >= 15 is 0 Å². The highest BCUT2D eigenvalue weighted by atomic mass is 32.2. The third-order valence-electron chi connectivity index (χ3n) is 4.71. The summed E-state index contributed by atoms with van der Waals surface area (Å²) >= 11 is 1.22. The van der Waals surface area contributed by atoms with Gasteiger partial charge >= 0.3 is 0 Å².